The van der Waals surface area contributed by atoms with Crippen molar-refractivity contribution in [1.29, 1.82) is 0 Å². The van der Waals surface area contributed by atoms with E-state index >= 15 is 0 Å². The van der Waals surface area contributed by atoms with Crippen LogP contribution in [0.3, 0.4) is 0 Å². The molecule has 2 aromatic carbocycles. The SMILES string of the molecule is COc1cccc(C(C)C(CCN)c2ccccc2)c1. The van der Waals surface area contributed by atoms with Crippen molar-refractivity contribution in [2.24, 2.45) is 5.73 Å². The first-order valence-corrected chi connectivity index (χ1v) is 7.15. The first-order chi connectivity index (χ1) is 9.76. The van der Waals surface area contributed by atoms with E-state index in [9.17, 15) is 0 Å². The zero-order valence-corrected chi connectivity index (χ0v) is 12.3. The molecule has 0 fully saturated rings. The Labute approximate surface area is 121 Å². The van der Waals surface area contributed by atoms with Crippen LogP contribution in [-0.2, 0) is 0 Å². The second-order valence-electron chi connectivity index (χ2n) is 5.16. The van der Waals surface area contributed by atoms with E-state index in [0.29, 0.717) is 18.4 Å². The van der Waals surface area contributed by atoms with E-state index in [1.54, 1.807) is 7.11 Å². The van der Waals surface area contributed by atoms with E-state index in [0.717, 1.165) is 12.2 Å². The van der Waals surface area contributed by atoms with Gasteiger partial charge < -0.3 is 10.5 Å². The molecule has 0 radical (unpaired) electrons. The smallest absolute Gasteiger partial charge is 0.119 e. The molecule has 20 heavy (non-hydrogen) atoms. The molecule has 0 saturated heterocycles. The molecule has 2 heteroatoms. The largest absolute Gasteiger partial charge is 0.497 e. The van der Waals surface area contributed by atoms with Gasteiger partial charge in [0.2, 0.25) is 0 Å². The number of nitrogens with two attached hydrogens (primary N) is 1. The molecule has 2 atom stereocenters. The average Bonchev–Trinajstić information content (AvgIpc) is 2.53. The molecular formula is C18H23NO. The van der Waals surface area contributed by atoms with Crippen LogP contribution in [0.1, 0.15) is 36.3 Å². The fraction of sp³-hybridized carbons (Fsp3) is 0.333. The fourth-order valence-electron chi connectivity index (χ4n) is 2.74. The maximum Gasteiger partial charge on any atom is 0.119 e. The van der Waals surface area contributed by atoms with Crippen LogP contribution in [-0.4, -0.2) is 13.7 Å². The van der Waals surface area contributed by atoms with E-state index < -0.39 is 0 Å². The predicted octanol–water partition coefficient (Wildman–Crippen LogP) is 3.93. The van der Waals surface area contributed by atoms with Gasteiger partial charge in [-0.1, -0.05) is 49.4 Å². The Morgan fingerprint density at radius 2 is 1.70 bits per heavy atom. The Morgan fingerprint density at radius 1 is 1.00 bits per heavy atom. The highest BCUT2D eigenvalue weighted by Crippen LogP contribution is 2.35. The summed E-state index contributed by atoms with van der Waals surface area (Å²) in [6, 6.07) is 18.9. The molecule has 2 unspecified atom stereocenters. The van der Waals surface area contributed by atoms with E-state index in [4.69, 9.17) is 10.5 Å². The van der Waals surface area contributed by atoms with Gasteiger partial charge in [-0.25, -0.2) is 0 Å². The first kappa shape index (κ1) is 14.6. The Balaban J connectivity index is 2.28. The predicted molar refractivity (Wildman–Crippen MR) is 84.3 cm³/mol. The van der Waals surface area contributed by atoms with Gasteiger partial charge in [0.05, 0.1) is 7.11 Å². The van der Waals surface area contributed by atoms with Crippen molar-refractivity contribution < 1.29 is 4.74 Å². The van der Waals surface area contributed by atoms with Crippen LogP contribution in [0.2, 0.25) is 0 Å². The van der Waals surface area contributed by atoms with Crippen molar-refractivity contribution in [2.75, 3.05) is 13.7 Å². The van der Waals surface area contributed by atoms with E-state index in [1.807, 2.05) is 6.07 Å². The number of hydrogen-bond acceptors (Lipinski definition) is 2. The van der Waals surface area contributed by atoms with Gasteiger partial charge in [-0.05, 0) is 48.1 Å². The van der Waals surface area contributed by atoms with Crippen molar-refractivity contribution >= 4 is 0 Å². The summed E-state index contributed by atoms with van der Waals surface area (Å²) in [7, 11) is 1.71. The molecule has 0 heterocycles. The standard InChI is InChI=1S/C18H23NO/c1-14(16-9-6-10-17(13-16)20-2)18(11-12-19)15-7-4-3-5-8-15/h3-10,13-14,18H,11-12,19H2,1-2H3. The summed E-state index contributed by atoms with van der Waals surface area (Å²) < 4.78 is 5.33. The van der Waals surface area contributed by atoms with Gasteiger partial charge in [0.1, 0.15) is 5.75 Å². The van der Waals surface area contributed by atoms with Gasteiger partial charge >= 0.3 is 0 Å². The highest BCUT2D eigenvalue weighted by atomic mass is 16.5. The van der Waals surface area contributed by atoms with E-state index in [1.165, 1.54) is 11.1 Å². The van der Waals surface area contributed by atoms with Crippen LogP contribution in [0, 0.1) is 0 Å². The quantitative estimate of drug-likeness (QED) is 0.862. The first-order valence-electron chi connectivity index (χ1n) is 7.15. The van der Waals surface area contributed by atoms with Gasteiger partial charge in [0, 0.05) is 0 Å². The van der Waals surface area contributed by atoms with Gasteiger partial charge in [-0.3, -0.25) is 0 Å². The number of methoxy groups -OCH3 is 1. The maximum absolute atomic E-state index is 5.81. The fourth-order valence-corrected chi connectivity index (χ4v) is 2.74. The third-order valence-electron chi connectivity index (χ3n) is 3.93. The second kappa shape index (κ2) is 7.11. The molecule has 0 saturated carbocycles. The van der Waals surface area contributed by atoms with Gasteiger partial charge in [-0.15, -0.1) is 0 Å². The lowest BCUT2D eigenvalue weighted by Crippen LogP contribution is -2.13. The highest BCUT2D eigenvalue weighted by Gasteiger charge is 2.20. The minimum absolute atomic E-state index is 0.413. The van der Waals surface area contributed by atoms with Crippen LogP contribution in [0.5, 0.6) is 5.75 Å². The minimum atomic E-state index is 0.413. The lowest BCUT2D eigenvalue weighted by atomic mass is 9.80. The van der Waals surface area contributed by atoms with Crippen LogP contribution in [0.4, 0.5) is 0 Å². The van der Waals surface area contributed by atoms with Crippen molar-refractivity contribution in [3.05, 3.63) is 65.7 Å². The molecule has 0 aliphatic rings. The van der Waals surface area contributed by atoms with Crippen LogP contribution in [0.25, 0.3) is 0 Å². The summed E-state index contributed by atoms with van der Waals surface area (Å²) in [5.41, 5.74) is 8.47. The molecular weight excluding hydrogens is 246 g/mol. The molecule has 0 aromatic heterocycles. The van der Waals surface area contributed by atoms with E-state index in [2.05, 4.69) is 55.5 Å². The number of hydrogen-bond donors (Lipinski definition) is 1. The maximum atomic E-state index is 5.81. The van der Waals surface area contributed by atoms with Gasteiger partial charge in [0.25, 0.3) is 0 Å². The van der Waals surface area contributed by atoms with Gasteiger partial charge in [-0.2, -0.15) is 0 Å². The second-order valence-corrected chi connectivity index (χ2v) is 5.16. The number of ether oxygens (including phenoxy) is 1. The summed E-state index contributed by atoms with van der Waals surface area (Å²) in [6.45, 7) is 2.97. The Hall–Kier alpha value is -1.80. The summed E-state index contributed by atoms with van der Waals surface area (Å²) in [4.78, 5) is 0. The number of benzene rings is 2. The molecule has 2 nitrogen and oxygen atoms in total. The Kier molecular flexibility index (Phi) is 5.19. The minimum Gasteiger partial charge on any atom is -0.497 e. The molecule has 0 amide bonds. The summed E-state index contributed by atoms with van der Waals surface area (Å²) in [6.07, 6.45) is 0.988. The third-order valence-corrected chi connectivity index (χ3v) is 3.93. The summed E-state index contributed by atoms with van der Waals surface area (Å²) in [5.74, 6) is 1.76. The van der Waals surface area contributed by atoms with Crippen LogP contribution < -0.4 is 10.5 Å². The third kappa shape index (κ3) is 3.40. The van der Waals surface area contributed by atoms with Crippen molar-refractivity contribution in [2.45, 2.75) is 25.2 Å². The molecule has 2 N–H and O–H groups in total. The molecule has 2 aromatic rings. The summed E-state index contributed by atoms with van der Waals surface area (Å²) >= 11 is 0. The molecule has 0 spiro atoms. The zero-order chi connectivity index (χ0) is 14.4. The Morgan fingerprint density at radius 3 is 2.35 bits per heavy atom. The molecule has 106 valence electrons. The molecule has 0 aliphatic heterocycles. The topological polar surface area (TPSA) is 35.2 Å². The Bertz CT molecular complexity index is 524. The van der Waals surface area contributed by atoms with Crippen molar-refractivity contribution in [1.82, 2.24) is 0 Å². The number of rotatable bonds is 6. The van der Waals surface area contributed by atoms with Gasteiger partial charge in [0.15, 0.2) is 0 Å². The van der Waals surface area contributed by atoms with E-state index in [-0.39, 0.29) is 0 Å². The van der Waals surface area contributed by atoms with Crippen molar-refractivity contribution in [3.63, 3.8) is 0 Å². The normalized spacial score (nSPS) is 13.8. The van der Waals surface area contributed by atoms with Crippen LogP contribution in [0.15, 0.2) is 54.6 Å². The van der Waals surface area contributed by atoms with Crippen molar-refractivity contribution in [3.8, 4) is 5.75 Å². The molecule has 0 aliphatic carbocycles. The lowest BCUT2D eigenvalue weighted by molar-refractivity contribution is 0.413. The zero-order valence-electron chi connectivity index (χ0n) is 12.3. The van der Waals surface area contributed by atoms with Crippen LogP contribution >= 0.6 is 0 Å². The molecule has 2 rings (SSSR count). The molecule has 0 bridgehead atoms. The average molecular weight is 269 g/mol. The highest BCUT2D eigenvalue weighted by molar-refractivity contribution is 5.33. The summed E-state index contributed by atoms with van der Waals surface area (Å²) in [5, 5.41) is 0. The lowest BCUT2D eigenvalue weighted by Gasteiger charge is -2.25. The monoisotopic (exact) mass is 269 g/mol.